The molecule has 0 bridgehead atoms. The second-order valence-electron chi connectivity index (χ2n) is 16.6. The lowest BCUT2D eigenvalue weighted by molar-refractivity contribution is -0.166. The summed E-state index contributed by atoms with van der Waals surface area (Å²) in [6.45, 7) is 6.07. The third-order valence-corrected chi connectivity index (χ3v) is 10.1. The summed E-state index contributed by atoms with van der Waals surface area (Å²) in [5.74, 6) is -1.12. The number of hydrogen-bond donors (Lipinski definition) is 0. The van der Waals surface area contributed by atoms with Gasteiger partial charge >= 0.3 is 17.9 Å². The molecule has 6 nitrogen and oxygen atoms in total. The highest BCUT2D eigenvalue weighted by molar-refractivity contribution is 5.71. The zero-order chi connectivity index (χ0) is 51.4. The van der Waals surface area contributed by atoms with E-state index in [0.29, 0.717) is 19.3 Å². The maximum Gasteiger partial charge on any atom is 0.306 e. The monoisotopic (exact) mass is 969 g/mol. The molecule has 0 aliphatic carbocycles. The Labute approximate surface area is 432 Å². The lowest BCUT2D eigenvalue weighted by Crippen LogP contribution is -2.30. The summed E-state index contributed by atoms with van der Waals surface area (Å²) in [5, 5.41) is 0. The fourth-order valence-electron chi connectivity index (χ4n) is 6.17. The summed E-state index contributed by atoms with van der Waals surface area (Å²) in [4.78, 5) is 38.1. The smallest absolute Gasteiger partial charge is 0.306 e. The molecule has 0 aromatic heterocycles. The number of carbonyl (C=O) groups is 3. The molecule has 0 heterocycles. The third-order valence-electron chi connectivity index (χ3n) is 10.1. The minimum Gasteiger partial charge on any atom is -0.462 e. The number of unbranched alkanes of at least 4 members (excludes halogenated alkanes) is 8. The second-order valence-corrected chi connectivity index (χ2v) is 16.6. The van der Waals surface area contributed by atoms with E-state index in [1.165, 1.54) is 0 Å². The highest BCUT2D eigenvalue weighted by atomic mass is 16.6. The van der Waals surface area contributed by atoms with Crippen LogP contribution < -0.4 is 0 Å². The molecule has 0 radical (unpaired) electrons. The van der Waals surface area contributed by atoms with E-state index in [9.17, 15) is 14.4 Å². The average molecular weight is 969 g/mol. The molecule has 0 aromatic rings. The molecule has 6 heteroatoms. The zero-order valence-electron chi connectivity index (χ0n) is 44.1. The SMILES string of the molecule is CC\C=C/C=C\C=C/C=C\C=C\C=C/C=C\CCCCCC(=O)OCC(COC(=O)CCCCCCC\C=C/C=C\C=C/C=C\CC)OC(=O)CC/C=C\C/C=C\C/C=C\C/C=C\C/C=C\C/C=C\CC. The van der Waals surface area contributed by atoms with E-state index in [1.807, 2.05) is 109 Å². The first-order chi connectivity index (χ1) is 35.0. The second kappa shape index (κ2) is 56.6. The van der Waals surface area contributed by atoms with E-state index in [2.05, 4.69) is 118 Å². The van der Waals surface area contributed by atoms with Gasteiger partial charge in [-0.15, -0.1) is 0 Å². The van der Waals surface area contributed by atoms with E-state index < -0.39 is 12.1 Å². The van der Waals surface area contributed by atoms with E-state index in [-0.39, 0.29) is 38.0 Å². The summed E-state index contributed by atoms with van der Waals surface area (Å²) in [5.41, 5.74) is 0. The molecule has 0 spiro atoms. The Bertz CT molecular complexity index is 1830. The predicted molar refractivity (Wildman–Crippen MR) is 306 cm³/mol. The number of ether oxygens (including phenoxy) is 3. The molecule has 1 atom stereocenters. The molecule has 0 aliphatic heterocycles. The van der Waals surface area contributed by atoms with Gasteiger partial charge in [-0.3, -0.25) is 14.4 Å². The highest BCUT2D eigenvalue weighted by Gasteiger charge is 2.19. The Hall–Kier alpha value is -6.01. The van der Waals surface area contributed by atoms with Gasteiger partial charge in [0.05, 0.1) is 0 Å². The fraction of sp³-hybridized carbons (Fsp3) is 0.431. The minimum absolute atomic E-state index is 0.149. The van der Waals surface area contributed by atoms with Gasteiger partial charge in [0.2, 0.25) is 0 Å². The number of hydrogen-bond acceptors (Lipinski definition) is 6. The van der Waals surface area contributed by atoms with Crippen molar-refractivity contribution in [3.63, 3.8) is 0 Å². The molecule has 0 amide bonds. The summed E-state index contributed by atoms with van der Waals surface area (Å²) in [6, 6.07) is 0. The zero-order valence-corrected chi connectivity index (χ0v) is 44.1. The van der Waals surface area contributed by atoms with Gasteiger partial charge in [0.1, 0.15) is 13.2 Å². The molecule has 0 saturated carbocycles. The highest BCUT2D eigenvalue weighted by Crippen LogP contribution is 2.11. The molecule has 388 valence electrons. The molecule has 0 fully saturated rings. The molecule has 71 heavy (non-hydrogen) atoms. The van der Waals surface area contributed by atoms with Crippen LogP contribution in [0.25, 0.3) is 0 Å². The first-order valence-electron chi connectivity index (χ1n) is 26.7. The van der Waals surface area contributed by atoms with Gasteiger partial charge in [0.15, 0.2) is 6.10 Å². The quantitative estimate of drug-likeness (QED) is 0.0199. The lowest BCUT2D eigenvalue weighted by Gasteiger charge is -2.18. The minimum atomic E-state index is -0.862. The first kappa shape index (κ1) is 65.0. The van der Waals surface area contributed by atoms with E-state index in [0.717, 1.165) is 109 Å². The van der Waals surface area contributed by atoms with Crippen LogP contribution in [0.2, 0.25) is 0 Å². The van der Waals surface area contributed by atoms with Crippen molar-refractivity contribution in [2.75, 3.05) is 13.2 Å². The predicted octanol–water partition coefficient (Wildman–Crippen LogP) is 18.1. The van der Waals surface area contributed by atoms with Crippen LogP contribution >= 0.6 is 0 Å². The maximum atomic E-state index is 12.8. The molecule has 0 aromatic carbocycles. The summed E-state index contributed by atoms with van der Waals surface area (Å²) >= 11 is 0. The van der Waals surface area contributed by atoms with Crippen molar-refractivity contribution in [3.8, 4) is 0 Å². The average Bonchev–Trinajstić information content (AvgIpc) is 3.37. The molecule has 1 unspecified atom stereocenters. The van der Waals surface area contributed by atoms with Crippen molar-refractivity contribution in [2.45, 2.75) is 168 Å². The summed E-state index contributed by atoms with van der Waals surface area (Å²) in [6.07, 6.45) is 88.1. The summed E-state index contributed by atoms with van der Waals surface area (Å²) in [7, 11) is 0. The van der Waals surface area contributed by atoms with Gasteiger partial charge in [-0.2, -0.15) is 0 Å². The Morgan fingerprint density at radius 3 is 1.00 bits per heavy atom. The van der Waals surface area contributed by atoms with E-state index in [4.69, 9.17) is 14.2 Å². The van der Waals surface area contributed by atoms with Crippen LogP contribution in [-0.2, 0) is 28.6 Å². The number of rotatable bonds is 44. The molecule has 0 rings (SSSR count). The Kier molecular flexibility index (Phi) is 51.8. The number of esters is 3. The van der Waals surface area contributed by atoms with Gasteiger partial charge in [-0.25, -0.2) is 0 Å². The van der Waals surface area contributed by atoms with Gasteiger partial charge in [-0.05, 0) is 96.3 Å². The number of allylic oxidation sites excluding steroid dienone is 34. The Morgan fingerprint density at radius 1 is 0.296 bits per heavy atom. The number of carbonyl (C=O) groups excluding carboxylic acids is 3. The van der Waals surface area contributed by atoms with Crippen molar-refractivity contribution in [1.82, 2.24) is 0 Å². The molecule has 0 saturated heterocycles. The first-order valence-corrected chi connectivity index (χ1v) is 26.7. The van der Waals surface area contributed by atoms with E-state index >= 15 is 0 Å². The van der Waals surface area contributed by atoms with Crippen LogP contribution in [0, 0.1) is 0 Å². The standard InChI is InChI=1S/C65H92O6/c1-4-7-10-13-16-19-22-25-28-30-32-34-37-40-43-46-49-52-55-58-64(67)70-61-62(60-69-63(66)57-54-51-48-45-42-39-36-27-24-21-18-15-12-9-6-3)71-65(68)59-56-53-50-47-44-41-38-35-33-31-29-26-23-20-17-14-11-8-5-2/h7-13,15-22,24-30,32-37,40-41,43-44,50,53,62H,4-6,14,23,31,38-39,42,45-49,51-52,54-61H2,1-3H3/b10-7-,11-8-,12-9-,16-13-,18-15-,20-17-,22-19-,24-21-,28-25-,29-26-,32-30+,35-33-,36-27-,37-34-,43-40-,44-41-,53-50-. The van der Waals surface area contributed by atoms with Gasteiger partial charge in [0.25, 0.3) is 0 Å². The van der Waals surface area contributed by atoms with Crippen LogP contribution in [0.5, 0.6) is 0 Å². The van der Waals surface area contributed by atoms with Crippen LogP contribution in [-0.4, -0.2) is 37.2 Å². The Morgan fingerprint density at radius 2 is 0.606 bits per heavy atom. The maximum absolute atomic E-state index is 12.8. The lowest BCUT2D eigenvalue weighted by atomic mass is 10.1. The van der Waals surface area contributed by atoms with Crippen LogP contribution in [0.4, 0.5) is 0 Å². The van der Waals surface area contributed by atoms with Crippen molar-refractivity contribution in [2.24, 2.45) is 0 Å². The normalized spacial score (nSPS) is 13.8. The van der Waals surface area contributed by atoms with Crippen molar-refractivity contribution < 1.29 is 28.6 Å². The van der Waals surface area contributed by atoms with Crippen LogP contribution in [0.15, 0.2) is 207 Å². The van der Waals surface area contributed by atoms with Crippen LogP contribution in [0.3, 0.4) is 0 Å². The fourth-order valence-corrected chi connectivity index (χ4v) is 6.17. The molecular formula is C65H92O6. The van der Waals surface area contributed by atoms with Gasteiger partial charge < -0.3 is 14.2 Å². The molecular weight excluding hydrogens is 877 g/mol. The van der Waals surface area contributed by atoms with Crippen molar-refractivity contribution in [3.05, 3.63) is 207 Å². The van der Waals surface area contributed by atoms with Gasteiger partial charge in [-0.1, -0.05) is 253 Å². The van der Waals surface area contributed by atoms with Crippen molar-refractivity contribution >= 4 is 17.9 Å². The van der Waals surface area contributed by atoms with E-state index in [1.54, 1.807) is 0 Å². The topological polar surface area (TPSA) is 78.9 Å². The van der Waals surface area contributed by atoms with Crippen molar-refractivity contribution in [1.29, 1.82) is 0 Å². The summed E-state index contributed by atoms with van der Waals surface area (Å²) < 4.78 is 16.7. The molecule has 0 N–H and O–H groups in total. The van der Waals surface area contributed by atoms with Gasteiger partial charge in [0, 0.05) is 19.3 Å². The third kappa shape index (κ3) is 54.8. The van der Waals surface area contributed by atoms with Crippen LogP contribution in [0.1, 0.15) is 162 Å². The Balaban J connectivity index is 4.71. The molecule has 0 aliphatic rings. The largest absolute Gasteiger partial charge is 0.462 e.